The van der Waals surface area contributed by atoms with Gasteiger partial charge in [-0.25, -0.2) is 0 Å². The van der Waals surface area contributed by atoms with Crippen molar-refractivity contribution in [2.24, 2.45) is 0 Å². The summed E-state index contributed by atoms with van der Waals surface area (Å²) in [5, 5.41) is 0. The first-order chi connectivity index (χ1) is 5.47. The lowest BCUT2D eigenvalue weighted by atomic mass is 10.1. The van der Waals surface area contributed by atoms with Crippen molar-refractivity contribution in [2.75, 3.05) is 6.61 Å². The molecule has 0 atom stereocenters. The first-order valence-electron chi connectivity index (χ1n) is 4.01. The molecule has 1 nitrogen and oxygen atoms in total. The standard InChI is InChI=1S/C10H11O/c1-2-5-9(6-3-1)10-7-4-8-11-10/h1-3,5-6H,4,7-8H2. The number of rotatable bonds is 1. The van der Waals surface area contributed by atoms with E-state index >= 15 is 0 Å². The van der Waals surface area contributed by atoms with E-state index in [0.29, 0.717) is 0 Å². The smallest absolute Gasteiger partial charge is 0.126 e. The summed E-state index contributed by atoms with van der Waals surface area (Å²) in [6.07, 6.45) is 3.43. The van der Waals surface area contributed by atoms with E-state index in [-0.39, 0.29) is 0 Å². The highest BCUT2D eigenvalue weighted by Gasteiger charge is 2.17. The number of ether oxygens (including phenoxy) is 1. The summed E-state index contributed by atoms with van der Waals surface area (Å²) in [6.45, 7) is 0.893. The Morgan fingerprint density at radius 2 is 1.91 bits per heavy atom. The largest absolute Gasteiger partial charge is 0.367 e. The SMILES string of the molecule is c1ccc([C]2CCCO2)cc1. The van der Waals surface area contributed by atoms with Crippen molar-refractivity contribution in [2.45, 2.75) is 12.8 Å². The van der Waals surface area contributed by atoms with Crippen LogP contribution in [0.3, 0.4) is 0 Å². The van der Waals surface area contributed by atoms with Crippen LogP contribution in [0.2, 0.25) is 0 Å². The summed E-state index contributed by atoms with van der Waals surface area (Å²) in [5.74, 6) is 0. The van der Waals surface area contributed by atoms with Crippen LogP contribution in [0.1, 0.15) is 18.4 Å². The first-order valence-corrected chi connectivity index (χ1v) is 4.01. The molecule has 0 amide bonds. The second-order valence-electron chi connectivity index (χ2n) is 2.74. The Balaban J connectivity index is 2.16. The van der Waals surface area contributed by atoms with Gasteiger partial charge in [0, 0.05) is 6.61 Å². The van der Waals surface area contributed by atoms with Crippen molar-refractivity contribution in [1.82, 2.24) is 0 Å². The average molecular weight is 147 g/mol. The van der Waals surface area contributed by atoms with E-state index in [1.807, 2.05) is 18.2 Å². The number of benzene rings is 1. The van der Waals surface area contributed by atoms with Gasteiger partial charge in [-0.05, 0) is 18.4 Å². The van der Waals surface area contributed by atoms with E-state index in [1.165, 1.54) is 12.0 Å². The summed E-state index contributed by atoms with van der Waals surface area (Å²) >= 11 is 0. The van der Waals surface area contributed by atoms with E-state index in [1.54, 1.807) is 0 Å². The normalized spacial score (nSPS) is 18.9. The van der Waals surface area contributed by atoms with Gasteiger partial charge in [0.25, 0.3) is 0 Å². The molecule has 0 unspecified atom stereocenters. The summed E-state index contributed by atoms with van der Waals surface area (Å²) in [7, 11) is 0. The van der Waals surface area contributed by atoms with Gasteiger partial charge in [0.2, 0.25) is 0 Å². The minimum Gasteiger partial charge on any atom is -0.367 e. The van der Waals surface area contributed by atoms with Gasteiger partial charge in [-0.3, -0.25) is 0 Å². The van der Waals surface area contributed by atoms with E-state index in [0.717, 1.165) is 19.1 Å². The van der Waals surface area contributed by atoms with Crippen LogP contribution in [-0.4, -0.2) is 6.61 Å². The molecule has 1 aliphatic heterocycles. The highest BCUT2D eigenvalue weighted by molar-refractivity contribution is 5.27. The van der Waals surface area contributed by atoms with E-state index in [2.05, 4.69) is 12.1 Å². The Kier molecular flexibility index (Phi) is 1.91. The lowest BCUT2D eigenvalue weighted by Gasteiger charge is -2.06. The molecule has 0 aromatic heterocycles. The Bertz CT molecular complexity index is 212. The fraction of sp³-hybridized carbons (Fsp3) is 0.300. The predicted molar refractivity (Wildman–Crippen MR) is 44.0 cm³/mol. The average Bonchev–Trinajstić information content (AvgIpc) is 2.58. The minimum absolute atomic E-state index is 0.893. The van der Waals surface area contributed by atoms with Gasteiger partial charge in [0.1, 0.15) is 6.10 Å². The third-order valence-corrected chi connectivity index (χ3v) is 1.92. The van der Waals surface area contributed by atoms with Crippen LogP contribution in [-0.2, 0) is 4.74 Å². The van der Waals surface area contributed by atoms with Crippen LogP contribution in [0.15, 0.2) is 30.3 Å². The molecule has 2 rings (SSSR count). The van der Waals surface area contributed by atoms with Crippen molar-refractivity contribution >= 4 is 0 Å². The second kappa shape index (κ2) is 3.05. The summed E-state index contributed by atoms with van der Waals surface area (Å²) < 4.78 is 5.46. The van der Waals surface area contributed by atoms with Gasteiger partial charge >= 0.3 is 0 Å². The van der Waals surface area contributed by atoms with Gasteiger partial charge in [-0.2, -0.15) is 0 Å². The maximum atomic E-state index is 5.46. The van der Waals surface area contributed by atoms with Crippen molar-refractivity contribution in [1.29, 1.82) is 0 Å². The summed E-state index contributed by atoms with van der Waals surface area (Å²) in [6, 6.07) is 10.3. The molecule has 0 bridgehead atoms. The molecule has 1 radical (unpaired) electrons. The molecule has 0 spiro atoms. The zero-order chi connectivity index (χ0) is 7.52. The molecule has 1 heteroatoms. The molecule has 1 aliphatic rings. The van der Waals surface area contributed by atoms with Crippen LogP contribution in [0.4, 0.5) is 0 Å². The van der Waals surface area contributed by atoms with Crippen LogP contribution in [0, 0.1) is 6.10 Å². The lowest BCUT2D eigenvalue weighted by molar-refractivity contribution is 0.216. The fourth-order valence-corrected chi connectivity index (χ4v) is 1.35. The van der Waals surface area contributed by atoms with Gasteiger partial charge < -0.3 is 4.74 Å². The van der Waals surface area contributed by atoms with Crippen LogP contribution < -0.4 is 0 Å². The number of hydrogen-bond acceptors (Lipinski definition) is 1. The lowest BCUT2D eigenvalue weighted by Crippen LogP contribution is -1.95. The molecule has 1 saturated heterocycles. The van der Waals surface area contributed by atoms with Crippen LogP contribution >= 0.6 is 0 Å². The molecular formula is C10H11O. The fourth-order valence-electron chi connectivity index (χ4n) is 1.35. The molecule has 57 valence electrons. The summed E-state index contributed by atoms with van der Waals surface area (Å²) in [5.41, 5.74) is 1.24. The first kappa shape index (κ1) is 6.86. The van der Waals surface area contributed by atoms with E-state index < -0.39 is 0 Å². The highest BCUT2D eigenvalue weighted by Crippen LogP contribution is 2.26. The van der Waals surface area contributed by atoms with Gasteiger partial charge in [0.15, 0.2) is 0 Å². The summed E-state index contributed by atoms with van der Waals surface area (Å²) in [4.78, 5) is 0. The van der Waals surface area contributed by atoms with Gasteiger partial charge in [-0.1, -0.05) is 30.3 Å². The molecule has 0 aliphatic carbocycles. The molecule has 11 heavy (non-hydrogen) atoms. The van der Waals surface area contributed by atoms with Gasteiger partial charge in [-0.15, -0.1) is 0 Å². The zero-order valence-electron chi connectivity index (χ0n) is 6.42. The van der Waals surface area contributed by atoms with Crippen molar-refractivity contribution in [3.05, 3.63) is 42.0 Å². The number of hydrogen-bond donors (Lipinski definition) is 0. The maximum Gasteiger partial charge on any atom is 0.126 e. The molecule has 1 fully saturated rings. The topological polar surface area (TPSA) is 9.23 Å². The predicted octanol–water partition coefficient (Wildman–Crippen LogP) is 2.38. The zero-order valence-corrected chi connectivity index (χ0v) is 6.42. The minimum atomic E-state index is 0.893. The Hall–Kier alpha value is -0.820. The Morgan fingerprint density at radius 1 is 1.09 bits per heavy atom. The molecule has 0 N–H and O–H groups in total. The van der Waals surface area contributed by atoms with E-state index in [4.69, 9.17) is 4.74 Å². The Morgan fingerprint density at radius 3 is 2.55 bits per heavy atom. The molecule has 0 saturated carbocycles. The molecule has 1 heterocycles. The van der Waals surface area contributed by atoms with Gasteiger partial charge in [0.05, 0.1) is 0 Å². The Labute approximate surface area is 67.0 Å². The van der Waals surface area contributed by atoms with E-state index in [9.17, 15) is 0 Å². The monoisotopic (exact) mass is 147 g/mol. The van der Waals surface area contributed by atoms with Crippen molar-refractivity contribution in [3.8, 4) is 0 Å². The maximum absolute atomic E-state index is 5.46. The van der Waals surface area contributed by atoms with Crippen LogP contribution in [0.25, 0.3) is 0 Å². The molecular weight excluding hydrogens is 136 g/mol. The van der Waals surface area contributed by atoms with Crippen molar-refractivity contribution < 1.29 is 4.74 Å². The molecule has 1 aromatic rings. The second-order valence-corrected chi connectivity index (χ2v) is 2.74. The van der Waals surface area contributed by atoms with Crippen LogP contribution in [0.5, 0.6) is 0 Å². The third kappa shape index (κ3) is 1.43. The third-order valence-electron chi connectivity index (χ3n) is 1.92. The van der Waals surface area contributed by atoms with Crippen molar-refractivity contribution in [3.63, 3.8) is 0 Å². The quantitative estimate of drug-likeness (QED) is 0.592. The molecule has 1 aromatic carbocycles. The highest BCUT2D eigenvalue weighted by atomic mass is 16.5.